The fourth-order valence-corrected chi connectivity index (χ4v) is 3.81. The van der Waals surface area contributed by atoms with E-state index in [0.717, 1.165) is 38.6 Å². The van der Waals surface area contributed by atoms with Crippen LogP contribution in [-0.4, -0.2) is 44.6 Å². The Labute approximate surface area is 139 Å². The standard InChI is InChI=1S/C16H22N6O2/c23-15(11-4-2-1-3-5-11)18-12-6-8-21(10-12)13-14-19-20-16(24)22(14)9-7-17-13/h7,9,11-12H,1-6,8,10H2,(H,18,23)(H,20,24). The lowest BCUT2D eigenvalue weighted by molar-refractivity contribution is -0.126. The Balaban J connectivity index is 1.44. The molecule has 2 aliphatic rings. The van der Waals surface area contributed by atoms with Crippen molar-refractivity contribution in [2.75, 3.05) is 18.0 Å². The first-order chi connectivity index (χ1) is 11.7. The van der Waals surface area contributed by atoms with Crippen molar-refractivity contribution in [3.05, 3.63) is 22.9 Å². The molecule has 1 aliphatic heterocycles. The minimum atomic E-state index is -0.269. The summed E-state index contributed by atoms with van der Waals surface area (Å²) in [5, 5.41) is 9.70. The third kappa shape index (κ3) is 2.76. The minimum Gasteiger partial charge on any atom is -0.351 e. The van der Waals surface area contributed by atoms with Gasteiger partial charge in [-0.1, -0.05) is 19.3 Å². The number of fused-ring (bicyclic) bond motifs is 1. The average molecular weight is 330 g/mol. The first-order valence-electron chi connectivity index (χ1n) is 8.69. The van der Waals surface area contributed by atoms with Crippen LogP contribution in [0.2, 0.25) is 0 Å². The summed E-state index contributed by atoms with van der Waals surface area (Å²) < 4.78 is 1.45. The fourth-order valence-electron chi connectivity index (χ4n) is 3.81. The van der Waals surface area contributed by atoms with E-state index < -0.39 is 0 Å². The number of hydrogen-bond donors (Lipinski definition) is 2. The van der Waals surface area contributed by atoms with Gasteiger partial charge in [-0.05, 0) is 19.3 Å². The first-order valence-corrected chi connectivity index (χ1v) is 8.69. The molecule has 1 atom stereocenters. The zero-order chi connectivity index (χ0) is 16.5. The molecule has 8 heteroatoms. The maximum Gasteiger partial charge on any atom is 0.347 e. The fraction of sp³-hybridized carbons (Fsp3) is 0.625. The van der Waals surface area contributed by atoms with E-state index >= 15 is 0 Å². The number of anilines is 1. The van der Waals surface area contributed by atoms with Crippen molar-refractivity contribution in [1.82, 2.24) is 24.9 Å². The third-order valence-corrected chi connectivity index (χ3v) is 5.13. The summed E-state index contributed by atoms with van der Waals surface area (Å²) >= 11 is 0. The third-order valence-electron chi connectivity index (χ3n) is 5.13. The summed E-state index contributed by atoms with van der Waals surface area (Å²) in [6, 6.07) is 0.132. The Morgan fingerprint density at radius 2 is 2.08 bits per heavy atom. The van der Waals surface area contributed by atoms with Crippen LogP contribution in [0.4, 0.5) is 5.82 Å². The second kappa shape index (κ2) is 6.26. The Bertz CT molecular complexity index is 791. The molecule has 1 saturated heterocycles. The highest BCUT2D eigenvalue weighted by Gasteiger charge is 2.29. The van der Waals surface area contributed by atoms with Crippen molar-refractivity contribution < 1.29 is 4.79 Å². The van der Waals surface area contributed by atoms with Crippen molar-refractivity contribution >= 4 is 17.4 Å². The summed E-state index contributed by atoms with van der Waals surface area (Å²) in [6.45, 7) is 1.50. The molecule has 128 valence electrons. The number of nitrogens with one attached hydrogen (secondary N) is 2. The van der Waals surface area contributed by atoms with Crippen molar-refractivity contribution in [3.8, 4) is 0 Å². The van der Waals surface area contributed by atoms with Crippen molar-refractivity contribution in [2.24, 2.45) is 5.92 Å². The highest BCUT2D eigenvalue weighted by Crippen LogP contribution is 2.25. The molecule has 8 nitrogen and oxygen atoms in total. The van der Waals surface area contributed by atoms with Gasteiger partial charge in [-0.3, -0.25) is 4.79 Å². The highest BCUT2D eigenvalue weighted by atomic mass is 16.2. The second-order valence-corrected chi connectivity index (χ2v) is 6.75. The molecule has 1 saturated carbocycles. The Kier molecular flexibility index (Phi) is 3.95. The van der Waals surface area contributed by atoms with Gasteiger partial charge >= 0.3 is 5.69 Å². The second-order valence-electron chi connectivity index (χ2n) is 6.75. The number of amides is 1. The van der Waals surface area contributed by atoms with Crippen LogP contribution in [0.1, 0.15) is 38.5 Å². The van der Waals surface area contributed by atoms with Gasteiger partial charge in [-0.25, -0.2) is 19.3 Å². The van der Waals surface area contributed by atoms with Crippen LogP contribution in [0.25, 0.3) is 5.65 Å². The van der Waals surface area contributed by atoms with Gasteiger partial charge in [0.1, 0.15) is 0 Å². The lowest BCUT2D eigenvalue weighted by atomic mass is 9.88. The maximum absolute atomic E-state index is 12.4. The predicted octanol–water partition coefficient (Wildman–Crippen LogP) is 0.693. The van der Waals surface area contributed by atoms with Crippen LogP contribution in [0.5, 0.6) is 0 Å². The average Bonchev–Trinajstić information content (AvgIpc) is 3.23. The molecule has 0 spiro atoms. The van der Waals surface area contributed by atoms with E-state index in [9.17, 15) is 9.59 Å². The molecule has 4 rings (SSSR count). The van der Waals surface area contributed by atoms with E-state index in [4.69, 9.17) is 0 Å². The monoisotopic (exact) mass is 330 g/mol. The lowest BCUT2D eigenvalue weighted by Gasteiger charge is -2.23. The summed E-state index contributed by atoms with van der Waals surface area (Å²) in [5.41, 5.74) is 0.261. The van der Waals surface area contributed by atoms with Crippen molar-refractivity contribution in [2.45, 2.75) is 44.6 Å². The molecule has 1 unspecified atom stereocenters. The molecule has 3 heterocycles. The lowest BCUT2D eigenvalue weighted by Crippen LogP contribution is -2.41. The molecule has 1 amide bonds. The van der Waals surface area contributed by atoms with Crippen LogP contribution in [0.15, 0.2) is 17.2 Å². The number of hydrogen-bond acceptors (Lipinski definition) is 5. The molecular weight excluding hydrogens is 308 g/mol. The molecule has 1 aliphatic carbocycles. The molecule has 0 radical (unpaired) electrons. The Morgan fingerprint density at radius 1 is 1.25 bits per heavy atom. The van der Waals surface area contributed by atoms with Gasteiger partial charge in [-0.2, -0.15) is 0 Å². The topological polar surface area (TPSA) is 95.4 Å². The van der Waals surface area contributed by atoms with Gasteiger partial charge in [-0.15, -0.1) is 5.10 Å². The normalized spacial score (nSPS) is 22.2. The van der Waals surface area contributed by atoms with Crippen LogP contribution in [0, 0.1) is 5.92 Å². The van der Waals surface area contributed by atoms with E-state index in [1.807, 2.05) is 0 Å². The van der Waals surface area contributed by atoms with Gasteiger partial charge < -0.3 is 10.2 Å². The zero-order valence-corrected chi connectivity index (χ0v) is 13.6. The predicted molar refractivity (Wildman–Crippen MR) is 88.9 cm³/mol. The minimum absolute atomic E-state index is 0.132. The maximum atomic E-state index is 12.4. The highest BCUT2D eigenvalue weighted by molar-refractivity contribution is 5.79. The van der Waals surface area contributed by atoms with Gasteiger partial charge in [0.2, 0.25) is 11.6 Å². The molecular formula is C16H22N6O2. The molecule has 2 aromatic heterocycles. The smallest absolute Gasteiger partial charge is 0.347 e. The Hall–Kier alpha value is -2.38. The molecule has 24 heavy (non-hydrogen) atoms. The number of rotatable bonds is 3. The molecule has 2 fully saturated rings. The van der Waals surface area contributed by atoms with Crippen molar-refractivity contribution in [3.63, 3.8) is 0 Å². The number of nitrogens with zero attached hydrogens (tertiary/aromatic N) is 4. The van der Waals surface area contributed by atoms with E-state index in [0.29, 0.717) is 18.0 Å². The van der Waals surface area contributed by atoms with E-state index in [1.165, 1.54) is 10.8 Å². The van der Waals surface area contributed by atoms with Crippen LogP contribution in [-0.2, 0) is 4.79 Å². The summed E-state index contributed by atoms with van der Waals surface area (Å²) in [5.74, 6) is 1.06. The summed E-state index contributed by atoms with van der Waals surface area (Å²) in [4.78, 5) is 30.5. The van der Waals surface area contributed by atoms with Crippen LogP contribution >= 0.6 is 0 Å². The largest absolute Gasteiger partial charge is 0.351 e. The van der Waals surface area contributed by atoms with E-state index in [1.54, 1.807) is 12.4 Å². The van der Waals surface area contributed by atoms with Crippen LogP contribution < -0.4 is 15.9 Å². The number of carbonyl (C=O) groups excluding carboxylic acids is 1. The summed E-state index contributed by atoms with van der Waals surface area (Å²) in [7, 11) is 0. The molecule has 0 aromatic carbocycles. The number of aromatic amines is 1. The Morgan fingerprint density at radius 3 is 2.92 bits per heavy atom. The number of carbonyl (C=O) groups is 1. The molecule has 0 bridgehead atoms. The SMILES string of the molecule is O=C(NC1CCN(c2nccn3c(=O)[nH]nc23)C1)C1CCCCC1. The van der Waals surface area contributed by atoms with Gasteiger partial charge in [0.05, 0.1) is 0 Å². The number of H-pyrrole nitrogens is 1. The van der Waals surface area contributed by atoms with Gasteiger partial charge in [0.15, 0.2) is 5.82 Å². The summed E-state index contributed by atoms with van der Waals surface area (Å²) in [6.07, 6.45) is 9.69. The first kappa shape index (κ1) is 15.2. The van der Waals surface area contributed by atoms with Gasteiger partial charge in [0, 0.05) is 37.4 Å². The van der Waals surface area contributed by atoms with E-state index in [2.05, 4.69) is 25.4 Å². The molecule has 2 aromatic rings. The van der Waals surface area contributed by atoms with Crippen LogP contribution in [0.3, 0.4) is 0 Å². The quantitative estimate of drug-likeness (QED) is 0.863. The number of aromatic nitrogens is 4. The molecule has 2 N–H and O–H groups in total. The zero-order valence-electron chi connectivity index (χ0n) is 13.6. The van der Waals surface area contributed by atoms with E-state index in [-0.39, 0.29) is 23.6 Å². The van der Waals surface area contributed by atoms with Crippen molar-refractivity contribution in [1.29, 1.82) is 0 Å². The van der Waals surface area contributed by atoms with Gasteiger partial charge in [0.25, 0.3) is 0 Å².